The molecule has 1 amide bonds. The first kappa shape index (κ1) is 20.8. The van der Waals surface area contributed by atoms with Gasteiger partial charge in [0.1, 0.15) is 5.60 Å². The van der Waals surface area contributed by atoms with Crippen molar-refractivity contribution in [2.75, 3.05) is 47.0 Å². The zero-order chi connectivity index (χ0) is 19.2. The van der Waals surface area contributed by atoms with Gasteiger partial charge < -0.3 is 29.7 Å². The van der Waals surface area contributed by atoms with Crippen LogP contribution in [0.2, 0.25) is 0 Å². The molecule has 2 heterocycles. The molecule has 2 aliphatic rings. The molecule has 0 aliphatic carbocycles. The van der Waals surface area contributed by atoms with Crippen LogP contribution in [0, 0.1) is 0 Å². The van der Waals surface area contributed by atoms with Gasteiger partial charge in [-0.05, 0) is 27.2 Å². The maximum atomic E-state index is 11.9. The predicted molar refractivity (Wildman–Crippen MR) is 101 cm³/mol. The van der Waals surface area contributed by atoms with Crippen molar-refractivity contribution in [3.8, 4) is 0 Å². The summed E-state index contributed by atoms with van der Waals surface area (Å²) in [6.45, 7) is 9.27. The number of nitrogens with one attached hydrogen (secondary N) is 2. The molecule has 0 aromatic heterocycles. The lowest BCUT2D eigenvalue weighted by Crippen LogP contribution is -2.51. The summed E-state index contributed by atoms with van der Waals surface area (Å²) in [7, 11) is 3.53. The van der Waals surface area contributed by atoms with Crippen molar-refractivity contribution in [3.05, 3.63) is 0 Å². The van der Waals surface area contributed by atoms with Crippen molar-refractivity contribution in [1.29, 1.82) is 0 Å². The number of hydrogen-bond acceptors (Lipinski definition) is 5. The van der Waals surface area contributed by atoms with Crippen molar-refractivity contribution in [3.63, 3.8) is 0 Å². The van der Waals surface area contributed by atoms with E-state index in [0.29, 0.717) is 13.1 Å². The molecule has 0 spiro atoms. The summed E-state index contributed by atoms with van der Waals surface area (Å²) in [5.41, 5.74) is -0.694. The van der Waals surface area contributed by atoms with Crippen molar-refractivity contribution in [2.24, 2.45) is 4.99 Å². The monoisotopic (exact) mass is 370 g/mol. The van der Waals surface area contributed by atoms with E-state index in [4.69, 9.17) is 14.2 Å². The summed E-state index contributed by atoms with van der Waals surface area (Å²) in [5, 5.41) is 6.38. The van der Waals surface area contributed by atoms with Crippen LogP contribution in [0.25, 0.3) is 0 Å². The summed E-state index contributed by atoms with van der Waals surface area (Å²) < 4.78 is 16.5. The zero-order valence-corrected chi connectivity index (χ0v) is 16.8. The molecule has 2 N–H and O–H groups in total. The Morgan fingerprint density at radius 2 is 2.04 bits per heavy atom. The molecule has 1 atom stereocenters. The van der Waals surface area contributed by atoms with E-state index >= 15 is 0 Å². The predicted octanol–water partition coefficient (Wildman–Crippen LogP) is 1.36. The Morgan fingerprint density at radius 3 is 2.62 bits per heavy atom. The minimum Gasteiger partial charge on any atom is -0.444 e. The molecular formula is C18H34N4O4. The number of hydrogen-bond donors (Lipinski definition) is 2. The smallest absolute Gasteiger partial charge is 0.407 e. The third kappa shape index (κ3) is 6.02. The Balaban J connectivity index is 1.82. The molecule has 0 aromatic rings. The first-order valence-electron chi connectivity index (χ1n) is 9.35. The first-order chi connectivity index (χ1) is 12.3. The Kier molecular flexibility index (Phi) is 7.11. The Morgan fingerprint density at radius 1 is 1.35 bits per heavy atom. The second kappa shape index (κ2) is 8.90. The number of carbonyl (C=O) groups is 1. The highest BCUT2D eigenvalue weighted by Gasteiger charge is 2.34. The lowest BCUT2D eigenvalue weighted by molar-refractivity contribution is -0.0857. The highest BCUT2D eigenvalue weighted by atomic mass is 16.6. The van der Waals surface area contributed by atoms with Crippen molar-refractivity contribution in [2.45, 2.75) is 57.3 Å². The fourth-order valence-electron chi connectivity index (χ4n) is 3.31. The fraction of sp³-hybridized carbons (Fsp3) is 0.889. The van der Waals surface area contributed by atoms with Gasteiger partial charge in [0.05, 0.1) is 11.6 Å². The molecule has 26 heavy (non-hydrogen) atoms. The van der Waals surface area contributed by atoms with Crippen LogP contribution in [0.5, 0.6) is 0 Å². The van der Waals surface area contributed by atoms with E-state index in [9.17, 15) is 4.79 Å². The molecule has 2 aliphatic heterocycles. The summed E-state index contributed by atoms with van der Waals surface area (Å²) in [5.74, 6) is 0.835. The van der Waals surface area contributed by atoms with Crippen LogP contribution < -0.4 is 10.6 Å². The summed E-state index contributed by atoms with van der Waals surface area (Å²) in [6.07, 6.45) is 2.24. The van der Waals surface area contributed by atoms with Crippen LogP contribution in [0.4, 0.5) is 4.79 Å². The highest BCUT2D eigenvalue weighted by molar-refractivity contribution is 5.80. The van der Waals surface area contributed by atoms with E-state index in [1.165, 1.54) is 0 Å². The number of nitrogens with zero attached hydrogens (tertiary/aromatic N) is 2. The third-order valence-corrected chi connectivity index (χ3v) is 4.83. The second-order valence-electron chi connectivity index (χ2n) is 7.98. The Bertz CT molecular complexity index is 498. The Hall–Kier alpha value is -1.54. The van der Waals surface area contributed by atoms with Gasteiger partial charge in [0.2, 0.25) is 0 Å². The molecule has 2 rings (SSSR count). The van der Waals surface area contributed by atoms with E-state index < -0.39 is 5.60 Å². The van der Waals surface area contributed by atoms with Gasteiger partial charge in [-0.15, -0.1) is 0 Å². The van der Waals surface area contributed by atoms with E-state index in [1.54, 1.807) is 14.2 Å². The average molecular weight is 370 g/mol. The molecule has 2 saturated heterocycles. The summed E-state index contributed by atoms with van der Waals surface area (Å²) in [4.78, 5) is 18.5. The lowest BCUT2D eigenvalue weighted by Gasteiger charge is -2.37. The van der Waals surface area contributed by atoms with Gasteiger partial charge in [-0.2, -0.15) is 0 Å². The van der Waals surface area contributed by atoms with Gasteiger partial charge in [-0.25, -0.2) is 4.79 Å². The SMILES string of the molecule is CN=C(NCC1(OC)CCOCC1)N1CCC(NC(=O)OC(C)(C)C)C1. The highest BCUT2D eigenvalue weighted by Crippen LogP contribution is 2.23. The number of aliphatic imine (C=N–C) groups is 1. The second-order valence-corrected chi connectivity index (χ2v) is 7.98. The van der Waals surface area contributed by atoms with E-state index in [-0.39, 0.29) is 17.7 Å². The number of ether oxygens (including phenoxy) is 3. The van der Waals surface area contributed by atoms with E-state index in [1.807, 2.05) is 20.8 Å². The zero-order valence-electron chi connectivity index (χ0n) is 16.8. The van der Waals surface area contributed by atoms with Crippen LogP contribution in [-0.2, 0) is 14.2 Å². The largest absolute Gasteiger partial charge is 0.444 e. The van der Waals surface area contributed by atoms with Gasteiger partial charge in [-0.3, -0.25) is 4.99 Å². The topological polar surface area (TPSA) is 84.4 Å². The van der Waals surface area contributed by atoms with Crippen LogP contribution in [0.1, 0.15) is 40.0 Å². The van der Waals surface area contributed by atoms with Crippen molar-refractivity contribution < 1.29 is 19.0 Å². The molecule has 150 valence electrons. The van der Waals surface area contributed by atoms with Crippen LogP contribution in [-0.4, -0.2) is 81.2 Å². The molecule has 8 heteroatoms. The first-order valence-corrected chi connectivity index (χ1v) is 9.35. The Labute approximate surface area is 156 Å². The molecule has 2 fully saturated rings. The number of amides is 1. The van der Waals surface area contributed by atoms with Crippen LogP contribution in [0.15, 0.2) is 4.99 Å². The van der Waals surface area contributed by atoms with E-state index in [2.05, 4.69) is 20.5 Å². The lowest BCUT2D eigenvalue weighted by atomic mass is 9.94. The summed E-state index contributed by atoms with van der Waals surface area (Å²) in [6, 6.07) is 0.0582. The van der Waals surface area contributed by atoms with Crippen LogP contribution >= 0.6 is 0 Å². The van der Waals surface area contributed by atoms with Crippen molar-refractivity contribution in [1.82, 2.24) is 15.5 Å². The minimum absolute atomic E-state index is 0.0582. The van der Waals surface area contributed by atoms with Crippen molar-refractivity contribution >= 4 is 12.1 Å². The maximum absolute atomic E-state index is 11.9. The number of alkyl carbamates (subject to hydrolysis) is 1. The van der Waals surface area contributed by atoms with Gasteiger partial charge in [-0.1, -0.05) is 0 Å². The van der Waals surface area contributed by atoms with Crippen LogP contribution in [0.3, 0.4) is 0 Å². The standard InChI is InChI=1S/C18H34N4O4/c1-17(2,3)26-16(23)21-14-6-9-22(12-14)15(19-4)20-13-18(24-5)7-10-25-11-8-18/h14H,6-13H2,1-5H3,(H,19,20)(H,21,23). The number of guanidine groups is 1. The molecule has 0 saturated carbocycles. The number of methoxy groups -OCH3 is 1. The molecular weight excluding hydrogens is 336 g/mol. The van der Waals surface area contributed by atoms with Gasteiger partial charge in [0.25, 0.3) is 0 Å². The minimum atomic E-state index is -0.488. The average Bonchev–Trinajstić information content (AvgIpc) is 3.02. The fourth-order valence-corrected chi connectivity index (χ4v) is 3.31. The summed E-state index contributed by atoms with van der Waals surface area (Å²) >= 11 is 0. The quantitative estimate of drug-likeness (QED) is 0.574. The number of likely N-dealkylation sites (tertiary alicyclic amines) is 1. The molecule has 0 bridgehead atoms. The molecule has 0 radical (unpaired) electrons. The normalized spacial score (nSPS) is 23.7. The number of rotatable bonds is 4. The maximum Gasteiger partial charge on any atom is 0.407 e. The molecule has 1 unspecified atom stereocenters. The van der Waals surface area contributed by atoms with E-state index in [0.717, 1.165) is 45.0 Å². The molecule has 8 nitrogen and oxygen atoms in total. The van der Waals surface area contributed by atoms with Gasteiger partial charge in [0, 0.05) is 59.8 Å². The molecule has 0 aromatic carbocycles. The van der Waals surface area contributed by atoms with Gasteiger partial charge in [0.15, 0.2) is 5.96 Å². The van der Waals surface area contributed by atoms with Gasteiger partial charge >= 0.3 is 6.09 Å². The third-order valence-electron chi connectivity index (χ3n) is 4.83. The number of carbonyl (C=O) groups excluding carboxylic acids is 1.